The molecule has 1 unspecified atom stereocenters. The number of esters is 1. The summed E-state index contributed by atoms with van der Waals surface area (Å²) in [5.74, 6) is -0.547. The van der Waals surface area contributed by atoms with E-state index in [0.29, 0.717) is 23.2 Å². The smallest absolute Gasteiger partial charge is 0.347 e. The predicted molar refractivity (Wildman–Crippen MR) is 122 cm³/mol. The van der Waals surface area contributed by atoms with Crippen molar-refractivity contribution in [2.45, 2.75) is 69.2 Å². The summed E-state index contributed by atoms with van der Waals surface area (Å²) in [5.41, 5.74) is -0.671. The molecule has 3 saturated heterocycles. The monoisotopic (exact) mass is 468 g/mol. The molecule has 5 rings (SSSR count). The molecule has 0 amide bonds. The molecule has 3 atom stereocenters. The zero-order valence-corrected chi connectivity index (χ0v) is 20.0. The average molecular weight is 469 g/mol. The van der Waals surface area contributed by atoms with Gasteiger partial charge in [-0.2, -0.15) is 5.26 Å². The third-order valence-electron chi connectivity index (χ3n) is 7.71. The number of carbonyl (C=O) groups is 1. The SMILES string of the molecule is CC#N.O=C(OC1C[C@H]2CC[C@@H](C1)[N+]21CCCC1)C(O)(c1ccccc1)c1ccccc1.[Cl-]. The van der Waals surface area contributed by atoms with E-state index in [1.807, 2.05) is 36.4 Å². The van der Waals surface area contributed by atoms with E-state index in [9.17, 15) is 9.90 Å². The number of aliphatic hydroxyl groups is 1. The minimum atomic E-state index is -1.78. The van der Waals surface area contributed by atoms with Crippen LogP contribution in [0.3, 0.4) is 0 Å². The molecule has 33 heavy (non-hydrogen) atoms. The summed E-state index contributed by atoms with van der Waals surface area (Å²) in [7, 11) is 0. The molecule has 0 aromatic heterocycles. The lowest BCUT2D eigenvalue weighted by Gasteiger charge is -2.47. The molecule has 1 spiro atoms. The number of benzene rings is 2. The molecule has 176 valence electrons. The van der Waals surface area contributed by atoms with E-state index in [4.69, 9.17) is 10.00 Å². The highest BCUT2D eigenvalue weighted by Crippen LogP contribution is 2.46. The molecule has 5 nitrogen and oxygen atoms in total. The zero-order valence-electron chi connectivity index (χ0n) is 19.2. The molecule has 3 fully saturated rings. The highest BCUT2D eigenvalue weighted by Gasteiger charge is 2.56. The van der Waals surface area contributed by atoms with Gasteiger partial charge >= 0.3 is 5.97 Å². The Kier molecular flexibility index (Phi) is 8.18. The van der Waals surface area contributed by atoms with Crippen LogP contribution in [0.2, 0.25) is 0 Å². The molecule has 3 aliphatic rings. The van der Waals surface area contributed by atoms with Crippen LogP contribution in [0.5, 0.6) is 0 Å². The zero-order chi connectivity index (χ0) is 22.6. The molecule has 2 aromatic rings. The number of nitriles is 1. The first kappa shape index (κ1) is 25.2. The number of hydrogen-bond acceptors (Lipinski definition) is 4. The first-order valence-electron chi connectivity index (χ1n) is 11.8. The third-order valence-corrected chi connectivity index (χ3v) is 7.71. The van der Waals surface area contributed by atoms with Gasteiger partial charge in [0.05, 0.1) is 31.2 Å². The van der Waals surface area contributed by atoms with E-state index in [1.54, 1.807) is 30.3 Å². The van der Waals surface area contributed by atoms with Gasteiger partial charge in [-0.25, -0.2) is 4.79 Å². The van der Waals surface area contributed by atoms with Crippen molar-refractivity contribution in [2.75, 3.05) is 13.1 Å². The number of ether oxygens (including phenoxy) is 1. The highest BCUT2D eigenvalue weighted by molar-refractivity contribution is 5.85. The molecule has 2 aromatic carbocycles. The molecule has 1 N–H and O–H groups in total. The van der Waals surface area contributed by atoms with Crippen LogP contribution in [0.25, 0.3) is 0 Å². The van der Waals surface area contributed by atoms with Crippen LogP contribution in [0.4, 0.5) is 0 Å². The van der Waals surface area contributed by atoms with Gasteiger partial charge in [-0.15, -0.1) is 0 Å². The first-order chi connectivity index (χ1) is 15.5. The molecule has 3 heterocycles. The fraction of sp³-hybridized carbons (Fsp3) is 0.481. The molecular weight excluding hydrogens is 436 g/mol. The minimum Gasteiger partial charge on any atom is -1.00 e. The summed E-state index contributed by atoms with van der Waals surface area (Å²) in [6, 6.07) is 21.3. The van der Waals surface area contributed by atoms with Crippen molar-refractivity contribution in [3.8, 4) is 6.07 Å². The quantitative estimate of drug-likeness (QED) is 0.542. The number of piperidine rings is 1. The standard InChI is InChI=1S/C25H30NO3.C2H3N.ClH/c27-24(25(28,19-9-3-1-4-10-19)20-11-5-2-6-12-20)29-23-17-21-13-14-22(18-23)26(21)15-7-8-16-26;1-2-3;/h1-6,9-12,21-23,28H,7-8,13-18H2;1H3;1H/q+1;;/p-1/t21-,22+,23?;;. The van der Waals surface area contributed by atoms with Crippen molar-refractivity contribution in [2.24, 2.45) is 0 Å². The largest absolute Gasteiger partial charge is 1.00 e. The Bertz CT molecular complexity index is 899. The maximum Gasteiger partial charge on any atom is 0.347 e. The predicted octanol–water partition coefficient (Wildman–Crippen LogP) is 1.30. The number of carbonyl (C=O) groups excluding carboxylic acids is 1. The van der Waals surface area contributed by atoms with E-state index < -0.39 is 11.6 Å². The fourth-order valence-corrected chi connectivity index (χ4v) is 6.30. The van der Waals surface area contributed by atoms with E-state index in [1.165, 1.54) is 50.2 Å². The summed E-state index contributed by atoms with van der Waals surface area (Å²) in [4.78, 5) is 13.4. The number of quaternary nitrogens is 1. The molecule has 0 radical (unpaired) electrons. The van der Waals surface area contributed by atoms with Gasteiger partial charge in [0.25, 0.3) is 0 Å². The second-order valence-electron chi connectivity index (χ2n) is 9.31. The van der Waals surface area contributed by atoms with Gasteiger partial charge in [-0.3, -0.25) is 0 Å². The maximum absolute atomic E-state index is 13.4. The van der Waals surface area contributed by atoms with Gasteiger partial charge in [-0.1, -0.05) is 60.7 Å². The number of rotatable bonds is 4. The van der Waals surface area contributed by atoms with E-state index >= 15 is 0 Å². The van der Waals surface area contributed by atoms with Crippen LogP contribution in [-0.2, 0) is 15.1 Å². The Labute approximate surface area is 203 Å². The molecular formula is C27H33ClN2O3. The van der Waals surface area contributed by atoms with Crippen LogP contribution in [0, 0.1) is 11.3 Å². The highest BCUT2D eigenvalue weighted by atomic mass is 35.5. The van der Waals surface area contributed by atoms with Crippen molar-refractivity contribution in [1.29, 1.82) is 5.26 Å². The summed E-state index contributed by atoms with van der Waals surface area (Å²) in [6.07, 6.45) is 6.94. The van der Waals surface area contributed by atoms with E-state index in [-0.39, 0.29) is 18.5 Å². The topological polar surface area (TPSA) is 70.3 Å². The molecule has 2 bridgehead atoms. The summed E-state index contributed by atoms with van der Waals surface area (Å²) < 4.78 is 7.32. The number of hydrogen-bond donors (Lipinski definition) is 1. The first-order valence-corrected chi connectivity index (χ1v) is 11.8. The van der Waals surface area contributed by atoms with Gasteiger partial charge in [0.1, 0.15) is 6.10 Å². The Hall–Kier alpha value is -2.39. The van der Waals surface area contributed by atoms with Crippen molar-refractivity contribution >= 4 is 5.97 Å². The lowest BCUT2D eigenvalue weighted by Crippen LogP contribution is -3.00. The minimum absolute atomic E-state index is 0. The number of halogens is 1. The summed E-state index contributed by atoms with van der Waals surface area (Å²) in [5, 5.41) is 18.9. The second kappa shape index (κ2) is 10.7. The van der Waals surface area contributed by atoms with Gasteiger partial charge in [0, 0.05) is 45.4 Å². The van der Waals surface area contributed by atoms with Crippen LogP contribution in [0.1, 0.15) is 56.6 Å². The van der Waals surface area contributed by atoms with E-state index in [0.717, 1.165) is 12.8 Å². The number of nitrogens with zero attached hydrogens (tertiary/aromatic N) is 2. The molecule has 3 aliphatic heterocycles. The van der Waals surface area contributed by atoms with E-state index in [2.05, 4.69) is 0 Å². The Morgan fingerprint density at radius 3 is 1.82 bits per heavy atom. The van der Waals surface area contributed by atoms with Crippen LogP contribution in [-0.4, -0.2) is 46.8 Å². The summed E-state index contributed by atoms with van der Waals surface area (Å²) in [6.45, 7) is 4.03. The fourth-order valence-electron chi connectivity index (χ4n) is 6.30. The van der Waals surface area contributed by atoms with Crippen molar-refractivity contribution < 1.29 is 31.5 Å². The third kappa shape index (κ3) is 4.66. The summed E-state index contributed by atoms with van der Waals surface area (Å²) >= 11 is 0. The lowest BCUT2D eigenvalue weighted by atomic mass is 9.86. The molecule has 6 heteroatoms. The van der Waals surface area contributed by atoms with Crippen LogP contribution >= 0.6 is 0 Å². The van der Waals surface area contributed by atoms with Crippen LogP contribution in [0.15, 0.2) is 60.7 Å². The van der Waals surface area contributed by atoms with Crippen molar-refractivity contribution in [1.82, 2.24) is 0 Å². The van der Waals surface area contributed by atoms with Crippen LogP contribution < -0.4 is 12.4 Å². The average Bonchev–Trinajstić information content (AvgIpc) is 3.37. The van der Waals surface area contributed by atoms with Crippen molar-refractivity contribution in [3.63, 3.8) is 0 Å². The Balaban J connectivity index is 0.000000728. The normalized spacial score (nSPS) is 24.7. The Morgan fingerprint density at radius 2 is 1.39 bits per heavy atom. The Morgan fingerprint density at radius 1 is 0.970 bits per heavy atom. The molecule has 0 aliphatic carbocycles. The van der Waals surface area contributed by atoms with Gasteiger partial charge in [0.2, 0.25) is 5.60 Å². The maximum atomic E-state index is 13.4. The van der Waals surface area contributed by atoms with Crippen molar-refractivity contribution in [3.05, 3.63) is 71.8 Å². The molecule has 0 saturated carbocycles. The van der Waals surface area contributed by atoms with Gasteiger partial charge in [-0.05, 0) is 11.1 Å². The van der Waals surface area contributed by atoms with Gasteiger partial charge < -0.3 is 26.7 Å². The lowest BCUT2D eigenvalue weighted by molar-refractivity contribution is -0.956. The van der Waals surface area contributed by atoms with Gasteiger partial charge in [0.15, 0.2) is 0 Å². The second-order valence-corrected chi connectivity index (χ2v) is 9.31.